The summed E-state index contributed by atoms with van der Waals surface area (Å²) in [5.41, 5.74) is 1.14. The van der Waals surface area contributed by atoms with Crippen molar-refractivity contribution >= 4 is 28.4 Å². The first-order valence-electron chi connectivity index (χ1n) is 9.97. The van der Waals surface area contributed by atoms with E-state index in [1.165, 1.54) is 11.8 Å². The summed E-state index contributed by atoms with van der Waals surface area (Å²) in [5, 5.41) is 0.724. The molecule has 7 heteroatoms. The molecule has 0 fully saturated rings. The van der Waals surface area contributed by atoms with Crippen LogP contribution in [-0.4, -0.2) is 40.9 Å². The Morgan fingerprint density at radius 2 is 1.90 bits per heavy atom. The molecule has 158 valence electrons. The van der Waals surface area contributed by atoms with E-state index in [2.05, 4.69) is 0 Å². The van der Waals surface area contributed by atoms with Crippen molar-refractivity contribution in [3.05, 3.63) is 64.4 Å². The van der Waals surface area contributed by atoms with Gasteiger partial charge in [0, 0.05) is 25.3 Å². The van der Waals surface area contributed by atoms with Gasteiger partial charge in [-0.1, -0.05) is 23.9 Å². The standard InChI is InChI=1S/C23H26N2O4S/c1-4-29-15-7-14-25-22(27)19-8-5-6-9-20(19)24-23(25)30-16(2)21(26)17-10-12-18(28-3)13-11-17/h5-6,8-13,16H,4,7,14-15H2,1-3H3. The third-order valence-corrected chi connectivity index (χ3v) is 5.82. The van der Waals surface area contributed by atoms with Gasteiger partial charge in [-0.3, -0.25) is 14.2 Å². The number of ether oxygens (including phenoxy) is 2. The molecule has 6 nitrogen and oxygen atoms in total. The lowest BCUT2D eigenvalue weighted by molar-refractivity contribution is 0.0993. The van der Waals surface area contributed by atoms with Crippen LogP contribution in [0.25, 0.3) is 10.9 Å². The lowest BCUT2D eigenvalue weighted by Crippen LogP contribution is -2.25. The number of carbonyl (C=O) groups excluding carboxylic acids is 1. The van der Waals surface area contributed by atoms with Gasteiger partial charge in [0.15, 0.2) is 10.9 Å². The molecular formula is C23H26N2O4S. The SMILES string of the molecule is CCOCCCn1c(SC(C)C(=O)c2ccc(OC)cc2)nc2ccccc2c1=O. The third kappa shape index (κ3) is 5.09. The molecule has 0 aliphatic carbocycles. The second kappa shape index (κ2) is 10.4. The van der Waals surface area contributed by atoms with E-state index in [9.17, 15) is 9.59 Å². The number of para-hydroxylation sites is 1. The Balaban J connectivity index is 1.88. The molecule has 2 aromatic carbocycles. The number of fused-ring (bicyclic) bond motifs is 1. The lowest BCUT2D eigenvalue weighted by atomic mass is 10.1. The Bertz CT molecular complexity index is 1060. The van der Waals surface area contributed by atoms with Crippen LogP contribution < -0.4 is 10.3 Å². The lowest BCUT2D eigenvalue weighted by Gasteiger charge is -2.16. The second-order valence-electron chi connectivity index (χ2n) is 6.77. The van der Waals surface area contributed by atoms with Crippen LogP contribution in [0, 0.1) is 0 Å². The third-order valence-electron chi connectivity index (χ3n) is 4.73. The first-order valence-corrected chi connectivity index (χ1v) is 10.8. The number of nitrogens with zero attached hydrogens (tertiary/aromatic N) is 2. The molecule has 0 aliphatic heterocycles. The summed E-state index contributed by atoms with van der Waals surface area (Å²) in [6.07, 6.45) is 0.697. The maximum absolute atomic E-state index is 13.1. The minimum atomic E-state index is -0.399. The van der Waals surface area contributed by atoms with Gasteiger partial charge in [0.2, 0.25) is 0 Å². The monoisotopic (exact) mass is 426 g/mol. The highest BCUT2D eigenvalue weighted by Crippen LogP contribution is 2.26. The average Bonchev–Trinajstić information content (AvgIpc) is 2.78. The Morgan fingerprint density at radius 3 is 2.60 bits per heavy atom. The molecule has 0 saturated carbocycles. The van der Waals surface area contributed by atoms with Crippen molar-refractivity contribution in [1.82, 2.24) is 9.55 Å². The largest absolute Gasteiger partial charge is 0.497 e. The van der Waals surface area contributed by atoms with Gasteiger partial charge >= 0.3 is 0 Å². The van der Waals surface area contributed by atoms with E-state index >= 15 is 0 Å². The van der Waals surface area contributed by atoms with Gasteiger partial charge in [0.1, 0.15) is 5.75 Å². The fourth-order valence-electron chi connectivity index (χ4n) is 3.11. The summed E-state index contributed by atoms with van der Waals surface area (Å²) in [5.74, 6) is 0.678. The molecule has 0 aliphatic rings. The number of benzene rings is 2. The number of ketones is 1. The Labute approximate surface area is 180 Å². The molecule has 0 spiro atoms. The highest BCUT2D eigenvalue weighted by molar-refractivity contribution is 8.00. The normalized spacial score (nSPS) is 12.1. The van der Waals surface area contributed by atoms with Gasteiger partial charge in [-0.15, -0.1) is 0 Å². The maximum Gasteiger partial charge on any atom is 0.262 e. The molecule has 0 N–H and O–H groups in total. The molecular weight excluding hydrogens is 400 g/mol. The number of carbonyl (C=O) groups is 1. The van der Waals surface area contributed by atoms with Crippen LogP contribution in [-0.2, 0) is 11.3 Å². The molecule has 0 amide bonds. The second-order valence-corrected chi connectivity index (χ2v) is 8.08. The summed E-state index contributed by atoms with van der Waals surface area (Å²) in [7, 11) is 1.59. The first-order chi connectivity index (χ1) is 14.5. The maximum atomic E-state index is 13.1. The van der Waals surface area contributed by atoms with E-state index in [0.717, 1.165) is 0 Å². The molecule has 0 radical (unpaired) electrons. The van der Waals surface area contributed by atoms with Gasteiger partial charge < -0.3 is 9.47 Å². The zero-order chi connectivity index (χ0) is 21.5. The van der Waals surface area contributed by atoms with Crippen LogP contribution in [0.5, 0.6) is 5.75 Å². The number of methoxy groups -OCH3 is 1. The van der Waals surface area contributed by atoms with E-state index in [1.807, 2.05) is 32.0 Å². The van der Waals surface area contributed by atoms with E-state index in [1.54, 1.807) is 42.0 Å². The summed E-state index contributed by atoms with van der Waals surface area (Å²) in [6.45, 7) is 5.48. The zero-order valence-electron chi connectivity index (χ0n) is 17.5. The van der Waals surface area contributed by atoms with E-state index < -0.39 is 5.25 Å². The molecule has 3 rings (SSSR count). The number of aromatic nitrogens is 2. The first kappa shape index (κ1) is 22.1. The fraction of sp³-hybridized carbons (Fsp3) is 0.348. The van der Waals surface area contributed by atoms with E-state index in [-0.39, 0.29) is 11.3 Å². The Kier molecular flexibility index (Phi) is 7.65. The highest BCUT2D eigenvalue weighted by Gasteiger charge is 2.20. The van der Waals surface area contributed by atoms with Crippen molar-refractivity contribution in [1.29, 1.82) is 0 Å². The molecule has 0 saturated heterocycles. The molecule has 1 unspecified atom stereocenters. The van der Waals surface area contributed by atoms with Crippen LogP contribution in [0.15, 0.2) is 58.5 Å². The number of hydrogen-bond acceptors (Lipinski definition) is 6. The molecule has 30 heavy (non-hydrogen) atoms. The summed E-state index contributed by atoms with van der Waals surface area (Å²) in [6, 6.07) is 14.3. The van der Waals surface area contributed by atoms with Crippen molar-refractivity contribution in [2.24, 2.45) is 0 Å². The van der Waals surface area contributed by atoms with Crippen LogP contribution >= 0.6 is 11.8 Å². The summed E-state index contributed by atoms with van der Waals surface area (Å²) < 4.78 is 12.2. The van der Waals surface area contributed by atoms with Gasteiger partial charge in [-0.05, 0) is 56.7 Å². The van der Waals surface area contributed by atoms with Crippen LogP contribution in [0.4, 0.5) is 0 Å². The predicted octanol–water partition coefficient (Wildman–Crippen LogP) is 4.20. The van der Waals surface area contributed by atoms with Crippen molar-refractivity contribution in [2.45, 2.75) is 37.2 Å². The van der Waals surface area contributed by atoms with Crippen molar-refractivity contribution in [3.8, 4) is 5.75 Å². The molecule has 0 bridgehead atoms. The number of Topliss-reactive ketones (excluding diaryl/α,β-unsaturated/α-hetero) is 1. The Morgan fingerprint density at radius 1 is 1.17 bits per heavy atom. The minimum absolute atomic E-state index is 0.0223. The van der Waals surface area contributed by atoms with Crippen molar-refractivity contribution < 1.29 is 14.3 Å². The zero-order valence-corrected chi connectivity index (χ0v) is 18.3. The van der Waals surface area contributed by atoms with Crippen LogP contribution in [0.3, 0.4) is 0 Å². The molecule has 1 aromatic heterocycles. The van der Waals surface area contributed by atoms with Gasteiger partial charge in [-0.2, -0.15) is 0 Å². The molecule has 1 atom stereocenters. The average molecular weight is 427 g/mol. The van der Waals surface area contributed by atoms with Gasteiger partial charge in [0.05, 0.1) is 23.3 Å². The van der Waals surface area contributed by atoms with Crippen molar-refractivity contribution in [3.63, 3.8) is 0 Å². The van der Waals surface area contributed by atoms with Crippen molar-refractivity contribution in [2.75, 3.05) is 20.3 Å². The highest BCUT2D eigenvalue weighted by atomic mass is 32.2. The number of thioether (sulfide) groups is 1. The predicted molar refractivity (Wildman–Crippen MR) is 120 cm³/mol. The van der Waals surface area contributed by atoms with E-state index in [4.69, 9.17) is 14.5 Å². The summed E-state index contributed by atoms with van der Waals surface area (Å²) in [4.78, 5) is 30.7. The topological polar surface area (TPSA) is 70.4 Å². The Hall–Kier alpha value is -2.64. The minimum Gasteiger partial charge on any atom is -0.497 e. The van der Waals surface area contributed by atoms with Gasteiger partial charge in [0.25, 0.3) is 5.56 Å². The smallest absolute Gasteiger partial charge is 0.262 e. The number of hydrogen-bond donors (Lipinski definition) is 0. The van der Waals surface area contributed by atoms with Gasteiger partial charge in [-0.25, -0.2) is 4.98 Å². The quantitative estimate of drug-likeness (QED) is 0.209. The van der Waals surface area contributed by atoms with E-state index in [0.29, 0.717) is 53.6 Å². The van der Waals surface area contributed by atoms with Crippen LogP contribution in [0.1, 0.15) is 30.6 Å². The fourth-order valence-corrected chi connectivity index (χ4v) is 4.12. The molecule has 1 heterocycles. The molecule has 3 aromatic rings. The summed E-state index contributed by atoms with van der Waals surface area (Å²) >= 11 is 1.31. The van der Waals surface area contributed by atoms with Crippen LogP contribution in [0.2, 0.25) is 0 Å². The number of rotatable bonds is 10.